The largest absolute Gasteiger partial charge is 0.321 e. The minimum absolute atomic E-state index is 0.132. The van der Waals surface area contributed by atoms with Crippen molar-refractivity contribution in [1.29, 1.82) is 0 Å². The number of aromatic nitrogens is 1. The Morgan fingerprint density at radius 2 is 1.88 bits per heavy atom. The number of hydrogen-bond acceptors (Lipinski definition) is 3. The number of carbonyl (C=O) groups is 1. The van der Waals surface area contributed by atoms with Crippen LogP contribution in [0.3, 0.4) is 0 Å². The molecule has 0 saturated heterocycles. The number of carbonyl (C=O) groups excluding carboxylic acids is 1. The first-order chi connectivity index (χ1) is 16.0. The van der Waals surface area contributed by atoms with Gasteiger partial charge in [0.1, 0.15) is 0 Å². The molecular formula is C29H45N3O. The van der Waals surface area contributed by atoms with Gasteiger partial charge >= 0.3 is 0 Å². The predicted molar refractivity (Wildman–Crippen MR) is 147 cm³/mol. The number of rotatable bonds is 10. The zero-order chi connectivity index (χ0) is 25.1. The summed E-state index contributed by atoms with van der Waals surface area (Å²) in [6.07, 6.45) is 19.1. The molecule has 4 heteroatoms. The zero-order valence-corrected chi connectivity index (χ0v) is 21.8. The molecule has 0 atom stereocenters. The first-order valence-electron chi connectivity index (χ1n) is 12.4. The van der Waals surface area contributed by atoms with Crippen molar-refractivity contribution in [3.8, 4) is 0 Å². The third-order valence-electron chi connectivity index (χ3n) is 4.86. The summed E-state index contributed by atoms with van der Waals surface area (Å²) in [6, 6.07) is 1.85. The summed E-state index contributed by atoms with van der Waals surface area (Å²) >= 11 is 0. The Hall–Kier alpha value is -2.72. The maximum absolute atomic E-state index is 12.7. The lowest BCUT2D eigenvalue weighted by Crippen LogP contribution is -2.27. The van der Waals surface area contributed by atoms with E-state index in [-0.39, 0.29) is 5.91 Å². The van der Waals surface area contributed by atoms with Crippen LogP contribution in [0.5, 0.6) is 0 Å². The van der Waals surface area contributed by atoms with Crippen molar-refractivity contribution >= 4 is 24.2 Å². The van der Waals surface area contributed by atoms with Crippen molar-refractivity contribution < 1.29 is 4.79 Å². The predicted octanol–water partition coefficient (Wildman–Crippen LogP) is 5.77. The van der Waals surface area contributed by atoms with E-state index in [0.717, 1.165) is 24.7 Å². The van der Waals surface area contributed by atoms with Gasteiger partial charge in [0.15, 0.2) is 0 Å². The molecule has 1 aromatic rings. The van der Waals surface area contributed by atoms with Gasteiger partial charge in [-0.25, -0.2) is 0 Å². The molecule has 1 aliphatic carbocycles. The number of nitrogens with zero attached hydrogens (tertiary/aromatic N) is 2. The number of hydrogen-bond donors (Lipinski definition) is 1. The van der Waals surface area contributed by atoms with Gasteiger partial charge in [-0.1, -0.05) is 97.4 Å². The van der Waals surface area contributed by atoms with Crippen molar-refractivity contribution in [2.75, 3.05) is 25.5 Å². The number of pyridine rings is 1. The maximum Gasteiger partial charge on any atom is 0.255 e. The molecule has 1 heterocycles. The van der Waals surface area contributed by atoms with Crippen LogP contribution in [0.15, 0.2) is 60.4 Å². The van der Waals surface area contributed by atoms with Gasteiger partial charge in [0.25, 0.3) is 5.91 Å². The summed E-state index contributed by atoms with van der Waals surface area (Å²) in [5.74, 6) is -0.132. The van der Waals surface area contributed by atoms with Crippen molar-refractivity contribution in [3.05, 3.63) is 70.9 Å². The highest BCUT2D eigenvalue weighted by Gasteiger charge is 2.10. The van der Waals surface area contributed by atoms with E-state index < -0.39 is 0 Å². The number of nitrogens with one attached hydrogen (secondary N) is 1. The standard InChI is InChI=1S/C25H33N3O.2C2H6/c1-5-7-8-9-16-28(4)19-21-12-10-13-22(15-14-21)25(29)27-24-17-23(11-6-2)20(3)26-18-24;2*1-2/h6,11-15,17-18H,2-3,5,7-10,16,19H2,1,4H3,(H,27,29);2*1-2H3/b23-11-;;. The average molecular weight is 452 g/mol. The fraction of sp³-hybridized carbons (Fsp3) is 0.448. The molecule has 0 fully saturated rings. The number of likely N-dealkylation sites (N-methyl/N-ethyl adjacent to an activating group) is 1. The maximum atomic E-state index is 12.7. The summed E-state index contributed by atoms with van der Waals surface area (Å²) < 4.78 is 0. The Balaban J connectivity index is 0.00000242. The van der Waals surface area contributed by atoms with E-state index in [1.807, 2.05) is 52.0 Å². The zero-order valence-electron chi connectivity index (χ0n) is 21.8. The third-order valence-corrected chi connectivity index (χ3v) is 4.86. The first kappa shape index (κ1) is 30.3. The van der Waals surface area contributed by atoms with Crippen LogP contribution in [0.25, 0.3) is 12.7 Å². The van der Waals surface area contributed by atoms with Gasteiger partial charge in [-0.05, 0) is 44.1 Å². The Morgan fingerprint density at radius 3 is 2.55 bits per heavy atom. The molecule has 1 N–H and O–H groups in total. The second kappa shape index (κ2) is 18.8. The molecule has 0 spiro atoms. The first-order valence-corrected chi connectivity index (χ1v) is 12.4. The lowest BCUT2D eigenvalue weighted by atomic mass is 10.1. The van der Waals surface area contributed by atoms with E-state index in [9.17, 15) is 4.79 Å². The van der Waals surface area contributed by atoms with Crippen molar-refractivity contribution in [1.82, 2.24) is 9.88 Å². The Bertz CT molecular complexity index is 909. The van der Waals surface area contributed by atoms with Crippen LogP contribution >= 0.6 is 0 Å². The summed E-state index contributed by atoms with van der Waals surface area (Å²) in [6.45, 7) is 19.8. The van der Waals surface area contributed by atoms with Crippen LogP contribution in [0, 0.1) is 0 Å². The van der Waals surface area contributed by atoms with E-state index >= 15 is 0 Å². The van der Waals surface area contributed by atoms with E-state index in [0.29, 0.717) is 16.6 Å². The molecule has 1 amide bonds. The molecule has 0 aliphatic heterocycles. The lowest BCUT2D eigenvalue weighted by Gasteiger charge is -2.17. The second-order valence-electron chi connectivity index (χ2n) is 7.42. The number of amides is 1. The molecule has 182 valence electrons. The molecule has 0 radical (unpaired) electrons. The summed E-state index contributed by atoms with van der Waals surface area (Å²) in [7, 11) is 2.16. The Labute approximate surface area is 202 Å². The molecule has 0 saturated carbocycles. The molecule has 2 rings (SSSR count). The van der Waals surface area contributed by atoms with Gasteiger partial charge in [0.05, 0.1) is 17.2 Å². The molecule has 33 heavy (non-hydrogen) atoms. The Morgan fingerprint density at radius 1 is 1.15 bits per heavy atom. The van der Waals surface area contributed by atoms with E-state index in [2.05, 4.69) is 54.5 Å². The normalized spacial score (nSPS) is 13.0. The van der Waals surface area contributed by atoms with Crippen LogP contribution in [-0.2, 0) is 4.79 Å². The summed E-state index contributed by atoms with van der Waals surface area (Å²) in [4.78, 5) is 19.3. The highest BCUT2D eigenvalue weighted by atomic mass is 16.1. The average Bonchev–Trinajstić information content (AvgIpc) is 3.07. The van der Waals surface area contributed by atoms with Crippen LogP contribution in [0.4, 0.5) is 5.69 Å². The second-order valence-corrected chi connectivity index (χ2v) is 7.42. The molecule has 0 bridgehead atoms. The SMILES string of the molecule is C=C/C=c1/cc(NC(=O)C2=CCC=C(CN(C)CCCCCC)C=C2)cnc1=C.CC.CC. The smallest absolute Gasteiger partial charge is 0.255 e. The molecule has 0 aromatic carbocycles. The summed E-state index contributed by atoms with van der Waals surface area (Å²) in [5.41, 5.74) is 2.55. The number of anilines is 1. The minimum Gasteiger partial charge on any atom is -0.321 e. The van der Waals surface area contributed by atoms with Crippen LogP contribution < -0.4 is 15.9 Å². The lowest BCUT2D eigenvalue weighted by molar-refractivity contribution is -0.112. The number of unbranched alkanes of at least 4 members (excludes halogenated alkanes) is 3. The van der Waals surface area contributed by atoms with Gasteiger partial charge < -0.3 is 10.2 Å². The van der Waals surface area contributed by atoms with Crippen molar-refractivity contribution in [2.45, 2.75) is 66.7 Å². The molecule has 0 unspecified atom stereocenters. The number of allylic oxidation sites excluding steroid dienone is 3. The Kier molecular flexibility index (Phi) is 17.3. The molecule has 1 aromatic heterocycles. The monoisotopic (exact) mass is 451 g/mol. The summed E-state index contributed by atoms with van der Waals surface area (Å²) in [5, 5.41) is 4.42. The van der Waals surface area contributed by atoms with Gasteiger partial charge in [0, 0.05) is 17.3 Å². The fourth-order valence-electron chi connectivity index (χ4n) is 3.21. The van der Waals surface area contributed by atoms with E-state index in [1.165, 1.54) is 31.3 Å². The minimum atomic E-state index is -0.132. The molecular weight excluding hydrogens is 406 g/mol. The van der Waals surface area contributed by atoms with Gasteiger partial charge in [-0.2, -0.15) is 0 Å². The van der Waals surface area contributed by atoms with E-state index in [1.54, 1.807) is 12.3 Å². The van der Waals surface area contributed by atoms with Gasteiger partial charge in [-0.3, -0.25) is 9.78 Å². The van der Waals surface area contributed by atoms with Gasteiger partial charge in [0.2, 0.25) is 0 Å². The van der Waals surface area contributed by atoms with Crippen molar-refractivity contribution in [2.24, 2.45) is 0 Å². The van der Waals surface area contributed by atoms with Crippen LogP contribution in [-0.4, -0.2) is 35.9 Å². The van der Waals surface area contributed by atoms with Crippen LogP contribution in [0.2, 0.25) is 0 Å². The highest BCUT2D eigenvalue weighted by Crippen LogP contribution is 2.14. The van der Waals surface area contributed by atoms with E-state index in [4.69, 9.17) is 0 Å². The van der Waals surface area contributed by atoms with Gasteiger partial charge in [-0.15, -0.1) is 0 Å². The quantitative estimate of drug-likeness (QED) is 0.459. The highest BCUT2D eigenvalue weighted by molar-refractivity contribution is 6.05. The molecule has 4 nitrogen and oxygen atoms in total. The van der Waals surface area contributed by atoms with Crippen molar-refractivity contribution in [3.63, 3.8) is 0 Å². The third kappa shape index (κ3) is 12.2. The fourth-order valence-corrected chi connectivity index (χ4v) is 3.21. The topological polar surface area (TPSA) is 45.2 Å². The molecule has 1 aliphatic rings. The van der Waals surface area contributed by atoms with Crippen LogP contribution in [0.1, 0.15) is 66.7 Å².